The largest absolute Gasteiger partial charge is 0.436 e. The van der Waals surface area contributed by atoms with Crippen molar-refractivity contribution in [2.45, 2.75) is 25.9 Å². The Kier molecular flexibility index (Phi) is 7.56. The second kappa shape index (κ2) is 9.90. The molecule has 1 fully saturated rings. The minimum absolute atomic E-state index is 0.329. The van der Waals surface area contributed by atoms with Crippen molar-refractivity contribution >= 4 is 18.6 Å². The van der Waals surface area contributed by atoms with Crippen LogP contribution < -0.4 is 5.32 Å². The number of hydrogen-bond acceptors (Lipinski definition) is 5. The second-order valence-corrected chi connectivity index (χ2v) is 6.21. The van der Waals surface area contributed by atoms with E-state index in [9.17, 15) is 4.79 Å². The van der Waals surface area contributed by atoms with Gasteiger partial charge in [-0.05, 0) is 50.8 Å². The van der Waals surface area contributed by atoms with Gasteiger partial charge in [-0.15, -0.1) is 0 Å². The van der Waals surface area contributed by atoms with Crippen LogP contribution in [0.15, 0.2) is 34.4 Å². The Morgan fingerprint density at radius 2 is 1.92 bits per heavy atom. The monoisotopic (exact) mass is 345 g/mol. The summed E-state index contributed by atoms with van der Waals surface area (Å²) in [6, 6.07) is 8.35. The Morgan fingerprint density at radius 3 is 2.52 bits per heavy atom. The molecule has 0 bridgehead atoms. The molecule has 1 N–H and O–H groups in total. The third-order valence-electron chi connectivity index (χ3n) is 4.11. The molecule has 0 atom stereocenters. The highest BCUT2D eigenvalue weighted by Gasteiger charge is 2.13. The highest BCUT2D eigenvalue weighted by Crippen LogP contribution is 2.14. The standard InChI is InChI=1S/C18H27N5O2/c1-19-12-17(20-2)21-25-18(24)22(3)13-15-6-8-16(9-7-15)14-23-10-4-5-11-23/h6-9,19H,2,4-5,10-14H2,1,3H3/b21-17-. The second-order valence-electron chi connectivity index (χ2n) is 6.21. The highest BCUT2D eigenvalue weighted by molar-refractivity contribution is 5.88. The third kappa shape index (κ3) is 6.28. The number of carbonyl (C=O) groups is 1. The molecule has 1 aromatic carbocycles. The predicted molar refractivity (Wildman–Crippen MR) is 99.8 cm³/mol. The van der Waals surface area contributed by atoms with E-state index >= 15 is 0 Å². The van der Waals surface area contributed by atoms with Crippen molar-refractivity contribution < 1.29 is 9.63 Å². The van der Waals surface area contributed by atoms with Gasteiger partial charge in [0.05, 0.1) is 6.54 Å². The van der Waals surface area contributed by atoms with Gasteiger partial charge in [-0.25, -0.2) is 9.79 Å². The van der Waals surface area contributed by atoms with E-state index in [2.05, 4.69) is 51.3 Å². The van der Waals surface area contributed by atoms with E-state index in [1.807, 2.05) is 0 Å². The van der Waals surface area contributed by atoms with Crippen LogP contribution in [-0.4, -0.2) is 62.2 Å². The first-order chi connectivity index (χ1) is 12.1. The van der Waals surface area contributed by atoms with E-state index < -0.39 is 6.09 Å². The van der Waals surface area contributed by atoms with Gasteiger partial charge in [-0.1, -0.05) is 29.4 Å². The quantitative estimate of drug-likeness (QED) is 0.356. The molecule has 25 heavy (non-hydrogen) atoms. The highest BCUT2D eigenvalue weighted by atomic mass is 16.7. The summed E-state index contributed by atoms with van der Waals surface area (Å²) in [4.78, 5) is 24.5. The lowest BCUT2D eigenvalue weighted by molar-refractivity contribution is 0.112. The number of likely N-dealkylation sites (tertiary alicyclic amines) is 1. The van der Waals surface area contributed by atoms with Gasteiger partial charge >= 0.3 is 6.09 Å². The number of hydrogen-bond donors (Lipinski definition) is 1. The molecule has 2 rings (SSSR count). The van der Waals surface area contributed by atoms with Gasteiger partial charge in [-0.2, -0.15) is 0 Å². The van der Waals surface area contributed by atoms with Crippen LogP contribution in [0.25, 0.3) is 0 Å². The zero-order chi connectivity index (χ0) is 18.1. The van der Waals surface area contributed by atoms with Crippen LogP contribution in [0.2, 0.25) is 0 Å². The molecule has 0 aliphatic carbocycles. The number of oxime groups is 1. The number of amides is 1. The zero-order valence-electron chi connectivity index (χ0n) is 15.1. The lowest BCUT2D eigenvalue weighted by Gasteiger charge is -2.17. The Bertz CT molecular complexity index is 594. The van der Waals surface area contributed by atoms with Crippen LogP contribution in [0.4, 0.5) is 4.79 Å². The number of rotatable bonds is 7. The molecule has 1 aliphatic heterocycles. The normalized spacial score (nSPS) is 15.2. The number of amidine groups is 1. The fraction of sp³-hybridized carbons (Fsp3) is 0.500. The summed E-state index contributed by atoms with van der Waals surface area (Å²) in [5, 5.41) is 6.56. The van der Waals surface area contributed by atoms with Crippen molar-refractivity contribution in [3.05, 3.63) is 35.4 Å². The topological polar surface area (TPSA) is 69.5 Å². The van der Waals surface area contributed by atoms with Gasteiger partial charge in [0.2, 0.25) is 0 Å². The Labute approximate surface area is 149 Å². The third-order valence-corrected chi connectivity index (χ3v) is 4.11. The Morgan fingerprint density at radius 1 is 1.28 bits per heavy atom. The van der Waals surface area contributed by atoms with Gasteiger partial charge in [0.25, 0.3) is 0 Å². The summed E-state index contributed by atoms with van der Waals surface area (Å²) in [5.74, 6) is 0.329. The number of aliphatic imine (C=N–C) groups is 1. The SMILES string of the molecule is C=N/C(CNC)=N\OC(=O)N(C)Cc1ccc(CN2CCCC2)cc1. The molecule has 136 valence electrons. The van der Waals surface area contributed by atoms with E-state index in [0.717, 1.165) is 12.1 Å². The average Bonchev–Trinajstić information content (AvgIpc) is 3.13. The van der Waals surface area contributed by atoms with E-state index in [1.54, 1.807) is 14.1 Å². The fourth-order valence-electron chi connectivity index (χ4n) is 2.72. The number of nitrogens with zero attached hydrogens (tertiary/aromatic N) is 4. The van der Waals surface area contributed by atoms with Crippen LogP contribution in [0, 0.1) is 0 Å². The van der Waals surface area contributed by atoms with Gasteiger partial charge in [0, 0.05) is 20.1 Å². The van der Waals surface area contributed by atoms with E-state index in [0.29, 0.717) is 18.9 Å². The van der Waals surface area contributed by atoms with Gasteiger partial charge in [-0.3, -0.25) is 9.74 Å². The summed E-state index contributed by atoms with van der Waals surface area (Å²) in [6.07, 6.45) is 2.06. The lowest BCUT2D eigenvalue weighted by atomic mass is 10.1. The maximum absolute atomic E-state index is 12.0. The molecule has 1 heterocycles. The number of likely N-dealkylation sites (N-methyl/N-ethyl adjacent to an activating group) is 1. The van der Waals surface area contributed by atoms with Gasteiger partial charge in [0.1, 0.15) is 0 Å². The summed E-state index contributed by atoms with van der Waals surface area (Å²) >= 11 is 0. The van der Waals surface area contributed by atoms with Crippen LogP contribution in [0.3, 0.4) is 0 Å². The van der Waals surface area contributed by atoms with E-state index in [1.165, 1.54) is 36.4 Å². The van der Waals surface area contributed by atoms with Crippen molar-refractivity contribution in [1.82, 2.24) is 15.1 Å². The molecule has 1 amide bonds. The van der Waals surface area contributed by atoms with Crippen LogP contribution in [0.1, 0.15) is 24.0 Å². The first kappa shape index (κ1) is 19.1. The van der Waals surface area contributed by atoms with Crippen molar-refractivity contribution in [3.63, 3.8) is 0 Å². The van der Waals surface area contributed by atoms with Crippen molar-refractivity contribution in [2.24, 2.45) is 10.1 Å². The van der Waals surface area contributed by atoms with Crippen molar-refractivity contribution in [3.8, 4) is 0 Å². The molecule has 7 heteroatoms. The van der Waals surface area contributed by atoms with Gasteiger partial charge < -0.3 is 10.2 Å². The number of nitrogens with one attached hydrogen (secondary N) is 1. The average molecular weight is 345 g/mol. The molecular formula is C18H27N5O2. The molecule has 0 saturated carbocycles. The Hall–Kier alpha value is -2.25. The van der Waals surface area contributed by atoms with Crippen molar-refractivity contribution in [2.75, 3.05) is 33.7 Å². The number of benzene rings is 1. The zero-order valence-corrected chi connectivity index (χ0v) is 15.1. The first-order valence-electron chi connectivity index (χ1n) is 8.53. The molecule has 0 aromatic heterocycles. The fourth-order valence-corrected chi connectivity index (χ4v) is 2.72. The van der Waals surface area contributed by atoms with Crippen LogP contribution in [0.5, 0.6) is 0 Å². The molecule has 7 nitrogen and oxygen atoms in total. The lowest BCUT2D eigenvalue weighted by Crippen LogP contribution is -2.26. The maximum Gasteiger partial charge on any atom is 0.436 e. The Balaban J connectivity index is 1.83. The minimum Gasteiger partial charge on any atom is -0.313 e. The molecule has 0 radical (unpaired) electrons. The molecule has 1 saturated heterocycles. The molecule has 0 unspecified atom stereocenters. The maximum atomic E-state index is 12.0. The molecular weight excluding hydrogens is 318 g/mol. The van der Waals surface area contributed by atoms with Gasteiger partial charge in [0.15, 0.2) is 5.84 Å². The van der Waals surface area contributed by atoms with Crippen LogP contribution >= 0.6 is 0 Å². The predicted octanol–water partition coefficient (Wildman–Crippen LogP) is 2.08. The first-order valence-corrected chi connectivity index (χ1v) is 8.53. The summed E-state index contributed by atoms with van der Waals surface area (Å²) < 4.78 is 0. The minimum atomic E-state index is -0.529. The summed E-state index contributed by atoms with van der Waals surface area (Å²) in [7, 11) is 3.43. The van der Waals surface area contributed by atoms with E-state index in [-0.39, 0.29) is 0 Å². The van der Waals surface area contributed by atoms with E-state index in [4.69, 9.17) is 4.84 Å². The molecule has 1 aliphatic rings. The summed E-state index contributed by atoms with van der Waals surface area (Å²) in [6.45, 7) is 7.60. The molecule has 1 aromatic rings. The van der Waals surface area contributed by atoms with Crippen LogP contribution in [-0.2, 0) is 17.9 Å². The van der Waals surface area contributed by atoms with Crippen molar-refractivity contribution in [1.29, 1.82) is 0 Å². The smallest absolute Gasteiger partial charge is 0.313 e. The number of carbonyl (C=O) groups excluding carboxylic acids is 1. The summed E-state index contributed by atoms with van der Waals surface area (Å²) in [5.41, 5.74) is 2.35. The molecule has 0 spiro atoms.